The molecule has 1 aliphatic heterocycles. The number of imide groups is 1. The first-order valence-corrected chi connectivity index (χ1v) is 12.6. The quantitative estimate of drug-likeness (QED) is 0.270. The summed E-state index contributed by atoms with van der Waals surface area (Å²) in [4.78, 5) is 27.0. The van der Waals surface area contributed by atoms with Crippen LogP contribution in [-0.4, -0.2) is 29.7 Å². The predicted molar refractivity (Wildman–Crippen MR) is 139 cm³/mol. The van der Waals surface area contributed by atoms with Crippen molar-refractivity contribution >= 4 is 44.9 Å². The molecule has 0 unspecified atom stereocenters. The van der Waals surface area contributed by atoms with Gasteiger partial charge in [-0.1, -0.05) is 58.4 Å². The van der Waals surface area contributed by atoms with Crippen molar-refractivity contribution in [2.75, 3.05) is 13.7 Å². The number of ether oxygens (including phenoxy) is 2. The summed E-state index contributed by atoms with van der Waals surface area (Å²) in [5.74, 6) is 0.369. The van der Waals surface area contributed by atoms with Crippen molar-refractivity contribution in [3.8, 4) is 11.5 Å². The number of hydrogen-bond acceptors (Lipinski definition) is 5. The molecule has 2 amide bonds. The molecule has 35 heavy (non-hydrogen) atoms. The molecule has 0 aromatic heterocycles. The largest absolute Gasteiger partial charge is 0.493 e. The summed E-state index contributed by atoms with van der Waals surface area (Å²) >= 11 is 4.46. The number of carbonyl (C=O) groups excluding carboxylic acids is 2. The van der Waals surface area contributed by atoms with E-state index >= 15 is 0 Å². The number of aryl methyl sites for hydroxylation is 1. The minimum atomic E-state index is -0.306. The van der Waals surface area contributed by atoms with E-state index in [2.05, 4.69) is 15.9 Å². The van der Waals surface area contributed by atoms with Crippen molar-refractivity contribution < 1.29 is 23.5 Å². The summed E-state index contributed by atoms with van der Waals surface area (Å²) in [6.07, 6.45) is 3.18. The van der Waals surface area contributed by atoms with Gasteiger partial charge in [-0.2, -0.15) is 0 Å². The molecule has 3 aromatic carbocycles. The minimum Gasteiger partial charge on any atom is -0.493 e. The fourth-order valence-corrected chi connectivity index (χ4v) is 4.89. The van der Waals surface area contributed by atoms with Crippen LogP contribution in [0.5, 0.6) is 11.5 Å². The fraction of sp³-hybridized carbons (Fsp3) is 0.185. The minimum absolute atomic E-state index is 0.240. The van der Waals surface area contributed by atoms with E-state index in [9.17, 15) is 14.0 Å². The lowest BCUT2D eigenvalue weighted by molar-refractivity contribution is -0.122. The van der Waals surface area contributed by atoms with Crippen molar-refractivity contribution in [1.82, 2.24) is 4.90 Å². The summed E-state index contributed by atoms with van der Waals surface area (Å²) in [7, 11) is 1.53. The van der Waals surface area contributed by atoms with Crippen LogP contribution in [0.1, 0.15) is 23.1 Å². The second kappa shape index (κ2) is 11.6. The monoisotopic (exact) mass is 555 g/mol. The van der Waals surface area contributed by atoms with Gasteiger partial charge in [0.15, 0.2) is 11.5 Å². The Morgan fingerprint density at radius 3 is 2.46 bits per heavy atom. The molecule has 0 atom stereocenters. The number of nitrogens with zero attached hydrogens (tertiary/aromatic N) is 1. The third kappa shape index (κ3) is 6.32. The van der Waals surface area contributed by atoms with E-state index in [1.807, 2.05) is 30.3 Å². The molecule has 1 aliphatic rings. The van der Waals surface area contributed by atoms with Crippen molar-refractivity contribution in [3.63, 3.8) is 0 Å². The lowest BCUT2D eigenvalue weighted by Gasteiger charge is -2.13. The molecular weight excluding hydrogens is 533 g/mol. The lowest BCUT2D eigenvalue weighted by Crippen LogP contribution is -2.29. The Morgan fingerprint density at radius 2 is 1.74 bits per heavy atom. The van der Waals surface area contributed by atoms with E-state index in [1.165, 1.54) is 29.7 Å². The van der Waals surface area contributed by atoms with E-state index in [1.54, 1.807) is 30.3 Å². The summed E-state index contributed by atoms with van der Waals surface area (Å²) in [6.45, 7) is 0.613. The third-order valence-corrected chi connectivity index (χ3v) is 7.03. The van der Waals surface area contributed by atoms with E-state index < -0.39 is 0 Å². The number of thioether (sulfide) groups is 1. The van der Waals surface area contributed by atoms with E-state index in [0.717, 1.165) is 23.7 Å². The Balaban J connectivity index is 1.44. The van der Waals surface area contributed by atoms with Gasteiger partial charge >= 0.3 is 0 Å². The number of amides is 2. The zero-order valence-electron chi connectivity index (χ0n) is 19.0. The van der Waals surface area contributed by atoms with Crippen LogP contribution in [0.15, 0.2) is 76.1 Å². The SMILES string of the molecule is COc1cc(/C=C2/SC(=O)N(CCCc3ccccc3)C2=O)c(Br)cc1OCc1ccc(F)cc1. The van der Waals surface area contributed by atoms with Gasteiger partial charge in [0, 0.05) is 11.0 Å². The number of methoxy groups -OCH3 is 1. The first-order chi connectivity index (χ1) is 16.9. The maximum atomic E-state index is 13.1. The van der Waals surface area contributed by atoms with Gasteiger partial charge in [0.2, 0.25) is 0 Å². The van der Waals surface area contributed by atoms with Crippen molar-refractivity contribution in [1.29, 1.82) is 0 Å². The predicted octanol–water partition coefficient (Wildman–Crippen LogP) is 6.84. The molecule has 5 nitrogen and oxygen atoms in total. The van der Waals surface area contributed by atoms with Crippen LogP contribution in [0.2, 0.25) is 0 Å². The van der Waals surface area contributed by atoms with E-state index in [-0.39, 0.29) is 23.6 Å². The molecule has 3 aromatic rings. The summed E-state index contributed by atoms with van der Waals surface area (Å²) in [5, 5.41) is -0.267. The molecule has 4 rings (SSSR count). The molecule has 180 valence electrons. The van der Waals surface area contributed by atoms with Crippen molar-refractivity contribution in [2.24, 2.45) is 0 Å². The molecule has 0 saturated carbocycles. The van der Waals surface area contributed by atoms with Crippen LogP contribution in [0.4, 0.5) is 9.18 Å². The molecule has 0 aliphatic carbocycles. The number of halogens is 2. The van der Waals surface area contributed by atoms with Gasteiger partial charge in [-0.3, -0.25) is 14.5 Å². The topological polar surface area (TPSA) is 55.8 Å². The van der Waals surface area contributed by atoms with Crippen molar-refractivity contribution in [3.05, 3.63) is 98.6 Å². The average molecular weight is 556 g/mol. The zero-order valence-corrected chi connectivity index (χ0v) is 21.4. The maximum Gasteiger partial charge on any atom is 0.293 e. The Kier molecular flexibility index (Phi) is 8.25. The zero-order chi connectivity index (χ0) is 24.8. The second-order valence-corrected chi connectivity index (χ2v) is 9.71. The van der Waals surface area contributed by atoms with Gasteiger partial charge in [0.05, 0.1) is 12.0 Å². The van der Waals surface area contributed by atoms with Gasteiger partial charge < -0.3 is 9.47 Å². The first-order valence-electron chi connectivity index (χ1n) is 11.0. The molecule has 8 heteroatoms. The fourth-order valence-electron chi connectivity index (χ4n) is 3.60. The molecule has 1 saturated heterocycles. The third-order valence-electron chi connectivity index (χ3n) is 5.44. The molecule has 0 spiro atoms. The van der Waals surface area contributed by atoms with Crippen molar-refractivity contribution in [2.45, 2.75) is 19.4 Å². The van der Waals surface area contributed by atoms with Crippen LogP contribution >= 0.6 is 27.7 Å². The van der Waals surface area contributed by atoms with Crippen LogP contribution in [0.25, 0.3) is 6.08 Å². The normalized spacial score (nSPS) is 14.6. The number of rotatable bonds is 9. The number of benzene rings is 3. The summed E-state index contributed by atoms with van der Waals surface area (Å²) < 4.78 is 25.1. The Labute approximate surface area is 216 Å². The van der Waals surface area contributed by atoms with Gasteiger partial charge in [0.25, 0.3) is 11.1 Å². The maximum absolute atomic E-state index is 13.1. The summed E-state index contributed by atoms with van der Waals surface area (Å²) in [5.41, 5.74) is 2.67. The Morgan fingerprint density at radius 1 is 1.00 bits per heavy atom. The molecule has 0 bridgehead atoms. The molecule has 1 fully saturated rings. The van der Waals surface area contributed by atoms with Crippen LogP contribution in [-0.2, 0) is 17.8 Å². The highest BCUT2D eigenvalue weighted by Crippen LogP contribution is 2.38. The molecular formula is C27H23BrFNO4S. The first kappa shape index (κ1) is 25.0. The van der Waals surface area contributed by atoms with Gasteiger partial charge in [-0.25, -0.2) is 4.39 Å². The van der Waals surface area contributed by atoms with E-state index in [0.29, 0.717) is 39.4 Å². The Bertz CT molecular complexity index is 1250. The lowest BCUT2D eigenvalue weighted by atomic mass is 10.1. The average Bonchev–Trinajstić information content (AvgIpc) is 3.13. The molecule has 0 radical (unpaired) electrons. The highest BCUT2D eigenvalue weighted by molar-refractivity contribution is 9.10. The van der Waals surface area contributed by atoms with Gasteiger partial charge in [0.1, 0.15) is 12.4 Å². The van der Waals surface area contributed by atoms with E-state index in [4.69, 9.17) is 9.47 Å². The highest BCUT2D eigenvalue weighted by Gasteiger charge is 2.34. The molecule has 1 heterocycles. The molecule has 0 N–H and O–H groups in total. The Hall–Kier alpha value is -3.10. The standard InChI is InChI=1S/C27H23BrFNO4S/c1-33-23-14-20(22(28)16-24(23)34-17-19-9-11-21(29)12-10-19)15-25-26(31)30(27(32)35-25)13-5-8-18-6-3-2-4-7-18/h2-4,6-7,9-12,14-16H,5,8,13,17H2,1H3/b25-15+. The highest BCUT2D eigenvalue weighted by atomic mass is 79.9. The number of carbonyl (C=O) groups is 2. The van der Waals surface area contributed by atoms with Gasteiger partial charge in [-0.05, 0) is 71.6 Å². The van der Waals surface area contributed by atoms with Crippen LogP contribution < -0.4 is 9.47 Å². The second-order valence-electron chi connectivity index (χ2n) is 7.86. The smallest absolute Gasteiger partial charge is 0.293 e. The van der Waals surface area contributed by atoms with Gasteiger partial charge in [-0.15, -0.1) is 0 Å². The van der Waals surface area contributed by atoms with Crippen LogP contribution in [0.3, 0.4) is 0 Å². The van der Waals surface area contributed by atoms with Crippen LogP contribution in [0, 0.1) is 5.82 Å². The summed E-state index contributed by atoms with van der Waals surface area (Å²) in [6, 6.07) is 19.5. The number of hydrogen-bond donors (Lipinski definition) is 0.